The minimum Gasteiger partial charge on any atom is -0.497 e. The number of aromatic nitrogens is 1. The number of methoxy groups -OCH3 is 2. The topological polar surface area (TPSA) is 46.7 Å². The molecule has 7 rings (SSSR count). The van der Waals surface area contributed by atoms with E-state index in [4.69, 9.17) is 99.3 Å². The van der Waals surface area contributed by atoms with Gasteiger partial charge < -0.3 is 19.2 Å². The van der Waals surface area contributed by atoms with Crippen LogP contribution >= 0.6 is 15.9 Å². The fourth-order valence-electron chi connectivity index (χ4n) is 9.29. The first kappa shape index (κ1) is 49.0. The zero-order valence-corrected chi connectivity index (χ0v) is 36.6. The second-order valence-corrected chi connectivity index (χ2v) is 17.0. The van der Waals surface area contributed by atoms with Gasteiger partial charge in [-0.15, -0.1) is 0 Å². The highest BCUT2D eigenvalue weighted by Crippen LogP contribution is 2.50. The van der Waals surface area contributed by atoms with Crippen molar-refractivity contribution in [2.45, 2.75) is 31.5 Å². The third-order valence-corrected chi connectivity index (χ3v) is 12.8. The van der Waals surface area contributed by atoms with Crippen molar-refractivity contribution in [1.82, 2.24) is 9.88 Å². The predicted octanol–water partition coefficient (Wildman–Crippen LogP) is -0.0862. The lowest BCUT2D eigenvalue weighted by molar-refractivity contribution is 0.127. The zero-order chi connectivity index (χ0) is 45.0. The van der Waals surface area contributed by atoms with Crippen LogP contribution in [0.1, 0.15) is 45.6 Å². The Bertz CT molecular complexity index is 2230. The molecule has 2 aliphatic rings. The Kier molecular flexibility index (Phi) is 17.1. The van der Waals surface area contributed by atoms with E-state index in [0.29, 0.717) is 6.61 Å². The lowest BCUT2D eigenvalue weighted by Gasteiger charge is -2.46. The molecule has 5 aromatic rings. The summed E-state index contributed by atoms with van der Waals surface area (Å²) in [4.78, 5) is 6.27. The number of fused-ring (bicyclic) bond motifs is 6. The van der Waals surface area contributed by atoms with Crippen molar-refractivity contribution in [3.05, 3.63) is 123 Å². The van der Waals surface area contributed by atoms with Gasteiger partial charge in [0.2, 0.25) is 0 Å². The Morgan fingerprint density at radius 1 is 0.758 bits per heavy atom. The number of halogens is 2. The second kappa shape index (κ2) is 21.7. The summed E-state index contributed by atoms with van der Waals surface area (Å²) in [5.74, 6) is 2.09. The zero-order valence-electron chi connectivity index (χ0n) is 35.0. The van der Waals surface area contributed by atoms with Gasteiger partial charge in [-0.1, -0.05) is 40.2 Å². The molecule has 1 N–H and O–H groups in total. The van der Waals surface area contributed by atoms with Gasteiger partial charge in [0.1, 0.15) is 18.2 Å². The predicted molar refractivity (Wildman–Crippen MR) is 282 cm³/mol. The van der Waals surface area contributed by atoms with E-state index in [1.807, 2.05) is 30.3 Å². The van der Waals surface area contributed by atoms with Crippen LogP contribution in [-0.4, -0.2) is 180 Å². The van der Waals surface area contributed by atoms with E-state index < -0.39 is 57.5 Å². The SMILES string of the molecule is COc1ccc2[nH]c3c(c2c1)CC1c2cc(OCc4ccc(Br)cc4)c(OC)cc2CCN1C3c1ccc(F)cc1.[B][B]B(B([B])[B])B(B(B([B])[B])B([B])[B])B(B([B])[B])B([B])[B]. The fourth-order valence-corrected chi connectivity index (χ4v) is 9.56. The first-order valence-corrected chi connectivity index (χ1v) is 21.3. The molecule has 23 radical (unpaired) electrons. The Balaban J connectivity index is 0.000000261. The lowest BCUT2D eigenvalue weighted by Crippen LogP contribution is -2.81. The molecule has 2 atom stereocenters. The van der Waals surface area contributed by atoms with Gasteiger partial charge in [-0.3, -0.25) is 4.90 Å². The number of aromatic amines is 1. The number of H-pyrrole nitrogens is 1. The summed E-state index contributed by atoms with van der Waals surface area (Å²) < 4.78 is 32.8. The number of hydrogen-bond donors (Lipinski definition) is 1. The molecule has 0 aliphatic carbocycles. The number of nitrogens with zero attached hydrogens (tertiary/aromatic N) is 1. The van der Waals surface area contributed by atoms with Crippen molar-refractivity contribution in [3.63, 3.8) is 0 Å². The van der Waals surface area contributed by atoms with Gasteiger partial charge in [0, 0.05) is 183 Å². The molecule has 62 heavy (non-hydrogen) atoms. The first-order valence-electron chi connectivity index (χ1n) is 20.5. The number of rotatable bonds is 15. The molecule has 1 aromatic heterocycles. The van der Waals surface area contributed by atoms with Crippen LogP contribution < -0.4 is 14.2 Å². The number of ether oxygens (including phenoxy) is 3. The maximum Gasteiger partial charge on any atom is 0.162 e. The van der Waals surface area contributed by atoms with Gasteiger partial charge in [-0.2, -0.15) is 0 Å². The van der Waals surface area contributed by atoms with Gasteiger partial charge in [0.15, 0.2) is 11.5 Å². The molecule has 0 fully saturated rings. The van der Waals surface area contributed by atoms with Crippen LogP contribution in [0.5, 0.6) is 17.2 Å². The van der Waals surface area contributed by atoms with E-state index in [-0.39, 0.29) is 17.9 Å². The van der Waals surface area contributed by atoms with Crippen LogP contribution in [0.3, 0.4) is 0 Å². The Labute approximate surface area is 394 Å². The van der Waals surface area contributed by atoms with Crippen LogP contribution in [0.2, 0.25) is 0 Å². The van der Waals surface area contributed by atoms with E-state index in [9.17, 15) is 4.39 Å². The molecule has 3 heterocycles. The fraction of sp³-hybridized carbons (Fsp3) is 0.235. The monoisotopic (exact) mass is 843 g/mol. The molecule has 2 unspecified atom stereocenters. The summed E-state index contributed by atoms with van der Waals surface area (Å²) in [7, 11) is 68.2. The molecule has 271 valence electrons. The number of nitrogens with one attached hydrogen (secondary N) is 1. The quantitative estimate of drug-likeness (QED) is 0.150. The largest absolute Gasteiger partial charge is 0.497 e. The Hall–Kier alpha value is -2.45. The second-order valence-electron chi connectivity index (χ2n) is 16.1. The molecular weight excluding hydrogens is 810 g/mol. The normalized spacial score (nSPS) is 15.0. The van der Waals surface area contributed by atoms with E-state index in [1.165, 1.54) is 34.8 Å². The summed E-state index contributed by atoms with van der Waals surface area (Å²) in [6.45, 7) is 1.32. The Morgan fingerprint density at radius 2 is 1.39 bits per heavy atom. The maximum absolute atomic E-state index is 14.0. The molecule has 28 heteroatoms. The summed E-state index contributed by atoms with van der Waals surface area (Å²) in [5.41, 5.74) is 8.20. The van der Waals surface area contributed by atoms with Gasteiger partial charge in [-0.25, -0.2) is 4.39 Å². The van der Waals surface area contributed by atoms with Crippen molar-refractivity contribution >= 4 is 176 Å². The minimum absolute atomic E-state index is 0.0369. The highest BCUT2D eigenvalue weighted by atomic mass is 79.9. The molecule has 0 amide bonds. The average Bonchev–Trinajstić information content (AvgIpc) is 3.59. The summed E-state index contributed by atoms with van der Waals surface area (Å²) in [5, 5.41) is 1.17. The molecule has 0 bridgehead atoms. The van der Waals surface area contributed by atoms with E-state index in [2.05, 4.69) is 62.2 Å². The van der Waals surface area contributed by atoms with Gasteiger partial charge in [0.25, 0.3) is 0 Å². The standard InChI is InChI=1S/C34H30BrFN2O3.B21/c1-39-25-11-12-29-27(16-25)28-17-30-26-18-32(41-19-20-3-7-23(35)8-4-20)31(40-2)15-22(26)13-14-38(30)34(33(28)37-29)21-5-9-24(36)10-6-21;1-12-18(13(2)3)21(19(14(4)5)15(6)7)20(16(8)9)17(10)11/h3-12,15-16,18,30,34,37H,13-14,17,19H2,1-2H3;. The van der Waals surface area contributed by atoms with Crippen LogP contribution in [0.4, 0.5) is 4.39 Å². The van der Waals surface area contributed by atoms with Gasteiger partial charge >= 0.3 is 0 Å². The highest BCUT2D eigenvalue weighted by Gasteiger charge is 2.45. The summed E-state index contributed by atoms with van der Waals surface area (Å²) in [6.07, 6.45) is -5.05. The smallest absolute Gasteiger partial charge is 0.162 e. The third-order valence-electron chi connectivity index (χ3n) is 12.2. The van der Waals surface area contributed by atoms with Crippen LogP contribution in [0.15, 0.2) is 83.3 Å². The molecule has 0 saturated heterocycles. The van der Waals surface area contributed by atoms with Crippen LogP contribution in [-0.2, 0) is 19.4 Å². The minimum atomic E-state index is -0.879. The number of hydrogen-bond acceptors (Lipinski definition) is 4. The molecular formula is C34H30B21BrFN2O3. The lowest BCUT2D eigenvalue weighted by atomic mass is 8.38. The van der Waals surface area contributed by atoms with Crippen molar-refractivity contribution in [3.8, 4) is 17.2 Å². The molecule has 2 aliphatic heterocycles. The van der Waals surface area contributed by atoms with Crippen molar-refractivity contribution in [2.75, 3.05) is 20.8 Å². The average molecular weight is 841 g/mol. The van der Waals surface area contributed by atoms with Crippen molar-refractivity contribution in [1.29, 1.82) is 0 Å². The molecule has 0 spiro atoms. The van der Waals surface area contributed by atoms with E-state index in [0.717, 1.165) is 57.8 Å². The third kappa shape index (κ3) is 10.8. The van der Waals surface area contributed by atoms with Gasteiger partial charge in [0.05, 0.1) is 20.3 Å². The Morgan fingerprint density at radius 3 is 1.94 bits per heavy atom. The van der Waals surface area contributed by atoms with Crippen molar-refractivity contribution < 1.29 is 18.6 Å². The first-order chi connectivity index (χ1) is 29.6. The maximum atomic E-state index is 14.0. The molecule has 4 aromatic carbocycles. The molecule has 0 saturated carbocycles. The van der Waals surface area contributed by atoms with E-state index >= 15 is 0 Å². The molecule has 5 nitrogen and oxygen atoms in total. The van der Waals surface area contributed by atoms with Gasteiger partial charge in [-0.05, 0) is 95.3 Å². The number of benzene rings is 4. The highest BCUT2D eigenvalue weighted by molar-refractivity contribution is 9.10. The van der Waals surface area contributed by atoms with Crippen LogP contribution in [0.25, 0.3) is 10.9 Å². The van der Waals surface area contributed by atoms with Crippen molar-refractivity contribution in [2.24, 2.45) is 0 Å². The van der Waals surface area contributed by atoms with E-state index in [1.54, 1.807) is 26.4 Å². The van der Waals surface area contributed by atoms with Crippen LogP contribution in [0, 0.1) is 5.82 Å². The summed E-state index contributed by atoms with van der Waals surface area (Å²) in [6, 6.07) is 25.7. The summed E-state index contributed by atoms with van der Waals surface area (Å²) >= 11 is 3.50.